The van der Waals surface area contributed by atoms with Gasteiger partial charge in [-0.05, 0) is 25.0 Å². The maximum absolute atomic E-state index is 12.7. The molecule has 1 saturated carbocycles. The zero-order valence-electron chi connectivity index (χ0n) is 13.4. The fourth-order valence-corrected chi connectivity index (χ4v) is 3.14. The fraction of sp³-hybridized carbons (Fsp3) is 0.444. The fourth-order valence-electron chi connectivity index (χ4n) is 3.14. The van der Waals surface area contributed by atoms with Crippen molar-refractivity contribution in [2.75, 3.05) is 13.7 Å². The summed E-state index contributed by atoms with van der Waals surface area (Å²) in [4.78, 5) is 12.7. The van der Waals surface area contributed by atoms with Gasteiger partial charge in [0, 0.05) is 6.42 Å². The van der Waals surface area contributed by atoms with Crippen LogP contribution in [-0.2, 0) is 14.3 Å². The molecule has 0 saturated heterocycles. The minimum absolute atomic E-state index is 0.0382. The predicted octanol–water partition coefficient (Wildman–Crippen LogP) is 2.59. The monoisotopic (exact) mass is 329 g/mol. The third-order valence-electron chi connectivity index (χ3n) is 4.35. The van der Waals surface area contributed by atoms with Crippen LogP contribution in [0.4, 0.5) is 0 Å². The number of nitrogens with zero attached hydrogens (tertiary/aromatic N) is 1. The Labute approximate surface area is 140 Å². The second-order valence-corrected chi connectivity index (χ2v) is 5.78. The minimum Gasteiger partial charge on any atom is -0.493 e. The highest BCUT2D eigenvalue weighted by Gasteiger charge is 2.41. The number of hydrogen-bond donors (Lipinski definition) is 0. The van der Waals surface area contributed by atoms with Gasteiger partial charge in [0.1, 0.15) is 19.0 Å². The molecule has 3 rings (SSSR count). The quantitative estimate of drug-likeness (QED) is 0.826. The van der Waals surface area contributed by atoms with Crippen molar-refractivity contribution in [3.8, 4) is 17.6 Å². The molecule has 3 atom stereocenters. The number of nitriles is 1. The number of carbonyl (C=O) groups excluding carboxylic acids is 1. The highest BCUT2D eigenvalue weighted by Crippen LogP contribution is 2.36. The summed E-state index contributed by atoms with van der Waals surface area (Å²) < 4.78 is 22.1. The number of ether oxygens (including phenoxy) is 4. The van der Waals surface area contributed by atoms with E-state index < -0.39 is 0 Å². The number of hydrogen-bond acceptors (Lipinski definition) is 6. The van der Waals surface area contributed by atoms with Crippen LogP contribution in [0.15, 0.2) is 36.3 Å². The summed E-state index contributed by atoms with van der Waals surface area (Å²) in [6, 6.07) is 9.12. The molecular weight excluding hydrogens is 310 g/mol. The summed E-state index contributed by atoms with van der Waals surface area (Å²) in [5.74, 6) is 0.935. The Kier molecular flexibility index (Phi) is 5.02. The normalized spacial score (nSPS) is 25.8. The molecule has 1 aliphatic heterocycles. The molecule has 1 aliphatic carbocycles. The van der Waals surface area contributed by atoms with Crippen LogP contribution in [0.25, 0.3) is 0 Å². The first kappa shape index (κ1) is 16.3. The van der Waals surface area contributed by atoms with Gasteiger partial charge in [-0.2, -0.15) is 5.26 Å². The van der Waals surface area contributed by atoms with Crippen molar-refractivity contribution in [2.45, 2.75) is 31.5 Å². The molecule has 1 fully saturated rings. The molecule has 126 valence electrons. The molecule has 1 aromatic carbocycles. The van der Waals surface area contributed by atoms with Gasteiger partial charge in [0.15, 0.2) is 11.5 Å². The number of ketones is 1. The lowest BCUT2D eigenvalue weighted by molar-refractivity contribution is -0.133. The molecule has 0 radical (unpaired) electrons. The van der Waals surface area contributed by atoms with E-state index in [2.05, 4.69) is 0 Å². The standard InChI is InChI=1S/C18H19NO5/c1-21-14-4-2-3-5-15(14)24-17-11-23-16-10-12(22-9-8-19)6-7-13(16)18(17)20/h2-5,11-13,16H,6-7,9-10H2,1H3. The zero-order chi connectivity index (χ0) is 16.9. The Bertz CT molecular complexity index is 678. The molecule has 0 bridgehead atoms. The van der Waals surface area contributed by atoms with Gasteiger partial charge >= 0.3 is 0 Å². The molecule has 0 aromatic heterocycles. The lowest BCUT2D eigenvalue weighted by Crippen LogP contribution is -2.42. The van der Waals surface area contributed by atoms with Gasteiger partial charge < -0.3 is 18.9 Å². The number of rotatable bonds is 5. The largest absolute Gasteiger partial charge is 0.493 e. The first-order valence-corrected chi connectivity index (χ1v) is 7.92. The molecule has 1 aromatic rings. The molecule has 0 amide bonds. The molecule has 2 aliphatic rings. The molecule has 24 heavy (non-hydrogen) atoms. The van der Waals surface area contributed by atoms with Gasteiger partial charge in [0.25, 0.3) is 0 Å². The third-order valence-corrected chi connectivity index (χ3v) is 4.35. The minimum atomic E-state index is -0.235. The molecule has 6 heteroatoms. The molecular formula is C18H19NO5. The second-order valence-electron chi connectivity index (χ2n) is 5.78. The van der Waals surface area contributed by atoms with Gasteiger partial charge in [0.05, 0.1) is 25.2 Å². The Balaban J connectivity index is 1.69. The molecule has 3 unspecified atom stereocenters. The van der Waals surface area contributed by atoms with Gasteiger partial charge in [-0.25, -0.2) is 0 Å². The molecule has 6 nitrogen and oxygen atoms in total. The van der Waals surface area contributed by atoms with E-state index in [0.717, 1.165) is 6.42 Å². The lowest BCUT2D eigenvalue weighted by atomic mass is 9.80. The highest BCUT2D eigenvalue weighted by atomic mass is 16.5. The van der Waals surface area contributed by atoms with Crippen LogP contribution in [0.3, 0.4) is 0 Å². The SMILES string of the molecule is COc1ccccc1OC1=COC2CC(OCC#N)CCC2C1=O. The molecule has 0 spiro atoms. The van der Waals surface area contributed by atoms with Crippen LogP contribution in [0.1, 0.15) is 19.3 Å². The average Bonchev–Trinajstić information content (AvgIpc) is 2.62. The van der Waals surface area contributed by atoms with Gasteiger partial charge in [0.2, 0.25) is 11.5 Å². The lowest BCUT2D eigenvalue weighted by Gasteiger charge is -2.36. The van der Waals surface area contributed by atoms with Crippen molar-refractivity contribution in [3.05, 3.63) is 36.3 Å². The summed E-state index contributed by atoms with van der Waals surface area (Å²) in [5, 5.41) is 8.59. The summed E-state index contributed by atoms with van der Waals surface area (Å²) in [6.07, 6.45) is 3.12. The van der Waals surface area contributed by atoms with Crippen LogP contribution in [0.2, 0.25) is 0 Å². The Morgan fingerprint density at radius 2 is 2.08 bits per heavy atom. The van der Waals surface area contributed by atoms with Crippen molar-refractivity contribution < 1.29 is 23.7 Å². The van der Waals surface area contributed by atoms with E-state index in [4.69, 9.17) is 24.2 Å². The topological polar surface area (TPSA) is 77.8 Å². The van der Waals surface area contributed by atoms with E-state index in [-0.39, 0.29) is 36.3 Å². The van der Waals surface area contributed by atoms with Gasteiger partial charge in [-0.1, -0.05) is 12.1 Å². The van der Waals surface area contributed by atoms with Crippen LogP contribution < -0.4 is 9.47 Å². The zero-order valence-corrected chi connectivity index (χ0v) is 13.4. The maximum atomic E-state index is 12.7. The Hall–Kier alpha value is -2.52. The van der Waals surface area contributed by atoms with Gasteiger partial charge in [-0.15, -0.1) is 0 Å². The van der Waals surface area contributed by atoms with Crippen LogP contribution in [0.5, 0.6) is 11.5 Å². The average molecular weight is 329 g/mol. The number of methoxy groups -OCH3 is 1. The van der Waals surface area contributed by atoms with Crippen molar-refractivity contribution in [1.82, 2.24) is 0 Å². The summed E-state index contributed by atoms with van der Waals surface area (Å²) >= 11 is 0. The summed E-state index contributed by atoms with van der Waals surface area (Å²) in [6.45, 7) is 0.0635. The van der Waals surface area contributed by atoms with E-state index in [0.29, 0.717) is 24.3 Å². The van der Waals surface area contributed by atoms with Crippen LogP contribution in [-0.4, -0.2) is 31.7 Å². The number of Topliss-reactive ketones (excluding diaryl/α,β-unsaturated/α-hetero) is 1. The summed E-state index contributed by atoms with van der Waals surface area (Å²) in [7, 11) is 1.55. The number of para-hydroxylation sites is 2. The molecule has 0 N–H and O–H groups in total. The second kappa shape index (κ2) is 7.37. The van der Waals surface area contributed by atoms with Crippen molar-refractivity contribution in [3.63, 3.8) is 0 Å². The Morgan fingerprint density at radius 1 is 1.29 bits per heavy atom. The van der Waals surface area contributed by atoms with E-state index in [1.54, 1.807) is 19.2 Å². The van der Waals surface area contributed by atoms with Gasteiger partial charge in [-0.3, -0.25) is 4.79 Å². The summed E-state index contributed by atoms with van der Waals surface area (Å²) in [5.41, 5.74) is 0. The van der Waals surface area contributed by atoms with E-state index in [9.17, 15) is 4.79 Å². The maximum Gasteiger partial charge on any atom is 0.208 e. The highest BCUT2D eigenvalue weighted by molar-refractivity contribution is 5.96. The van der Waals surface area contributed by atoms with Crippen molar-refractivity contribution in [1.29, 1.82) is 5.26 Å². The number of carbonyl (C=O) groups is 1. The van der Waals surface area contributed by atoms with E-state index in [1.165, 1.54) is 6.26 Å². The first-order chi connectivity index (χ1) is 11.7. The predicted molar refractivity (Wildman–Crippen MR) is 84.3 cm³/mol. The van der Waals surface area contributed by atoms with Crippen LogP contribution in [0, 0.1) is 17.2 Å². The number of fused-ring (bicyclic) bond motifs is 1. The van der Waals surface area contributed by atoms with E-state index >= 15 is 0 Å². The molecule has 1 heterocycles. The Morgan fingerprint density at radius 3 is 2.83 bits per heavy atom. The van der Waals surface area contributed by atoms with Crippen molar-refractivity contribution >= 4 is 5.78 Å². The first-order valence-electron chi connectivity index (χ1n) is 7.92. The van der Waals surface area contributed by atoms with E-state index in [1.807, 2.05) is 18.2 Å². The smallest absolute Gasteiger partial charge is 0.208 e. The van der Waals surface area contributed by atoms with Crippen LogP contribution >= 0.6 is 0 Å². The van der Waals surface area contributed by atoms with Crippen molar-refractivity contribution in [2.24, 2.45) is 5.92 Å². The number of benzene rings is 1. The number of allylic oxidation sites excluding steroid dienone is 1. The third kappa shape index (κ3) is 3.36.